The van der Waals surface area contributed by atoms with Crippen LogP contribution in [-0.2, 0) is 49.5 Å². The number of hydrogen-bond acceptors (Lipinski definition) is 18. The maximum atomic E-state index is 14.4. The van der Waals surface area contributed by atoms with Crippen LogP contribution in [0.4, 0.5) is 5.82 Å². The predicted octanol–water partition coefficient (Wildman–Crippen LogP) is 2.73. The van der Waals surface area contributed by atoms with Crippen molar-refractivity contribution < 1.29 is 57.6 Å². The fraction of sp³-hybridized carbons (Fsp3) is 0.725. The van der Waals surface area contributed by atoms with Gasteiger partial charge in [-0.15, -0.1) is 0 Å². The van der Waals surface area contributed by atoms with Crippen molar-refractivity contribution in [1.29, 1.82) is 0 Å². The maximum Gasteiger partial charge on any atom is 0.316 e. The van der Waals surface area contributed by atoms with Crippen LogP contribution < -0.4 is 5.73 Å². The first kappa shape index (κ1) is 45.2. The normalized spacial score (nSPS) is 37.8. The van der Waals surface area contributed by atoms with Crippen LogP contribution in [0.25, 0.3) is 11.5 Å². The number of rotatable bonds is 8. The van der Waals surface area contributed by atoms with Crippen molar-refractivity contribution in [2.45, 2.75) is 135 Å². The topological polar surface area (TPSA) is 240 Å². The molecule has 18 nitrogen and oxygen atoms in total. The average Bonchev–Trinajstić information content (AvgIpc) is 3.65. The molecule has 4 N–H and O–H groups in total. The quantitative estimate of drug-likeness (QED) is 0.197. The molecule has 0 amide bonds. The number of ketones is 2. The summed E-state index contributed by atoms with van der Waals surface area (Å²) in [6, 6.07) is 4.68. The number of Topliss-reactive ketones (excluding diaryl/α,β-unsaturated/α-hetero) is 2. The van der Waals surface area contributed by atoms with Gasteiger partial charge in [0.05, 0.1) is 37.1 Å². The van der Waals surface area contributed by atoms with Gasteiger partial charge in [-0.3, -0.25) is 14.4 Å². The number of oxime groups is 1. The van der Waals surface area contributed by atoms with Crippen LogP contribution in [0.5, 0.6) is 0 Å². The second kappa shape index (κ2) is 18.6. The molecule has 0 aromatic carbocycles. The molecule has 5 heterocycles. The summed E-state index contributed by atoms with van der Waals surface area (Å²) in [4.78, 5) is 58.6. The first-order valence-corrected chi connectivity index (χ1v) is 19.9. The Morgan fingerprint density at radius 2 is 1.76 bits per heavy atom. The number of esters is 1. The molecule has 3 fully saturated rings. The van der Waals surface area contributed by atoms with E-state index in [2.05, 4.69) is 20.3 Å². The Kier molecular flexibility index (Phi) is 14.5. The maximum absolute atomic E-state index is 14.4. The molecule has 0 radical (unpaired) electrons. The Bertz CT molecular complexity index is 1790. The Balaban J connectivity index is 1.57. The number of carbonyl (C=O) groups excluding carboxylic acids is 3. The summed E-state index contributed by atoms with van der Waals surface area (Å²) >= 11 is 0. The monoisotopic (exact) mass is 816 g/mol. The number of aromatic nitrogens is 3. The number of nitrogens with zero attached hydrogens (tertiary/aromatic N) is 5. The van der Waals surface area contributed by atoms with Crippen molar-refractivity contribution in [3.8, 4) is 11.5 Å². The minimum absolute atomic E-state index is 0.0236. The van der Waals surface area contributed by atoms with Crippen molar-refractivity contribution in [2.24, 2.45) is 28.8 Å². The molecule has 58 heavy (non-hydrogen) atoms. The van der Waals surface area contributed by atoms with E-state index in [0.717, 1.165) is 0 Å². The van der Waals surface area contributed by atoms with Crippen molar-refractivity contribution in [3.63, 3.8) is 0 Å². The third kappa shape index (κ3) is 9.92. The molecule has 0 saturated carbocycles. The summed E-state index contributed by atoms with van der Waals surface area (Å²) in [5.74, 6) is -5.08. The zero-order valence-electron chi connectivity index (χ0n) is 35.1. The fourth-order valence-corrected chi connectivity index (χ4v) is 8.37. The third-order valence-electron chi connectivity index (χ3n) is 11.6. The average molecular weight is 817 g/mol. The van der Waals surface area contributed by atoms with E-state index in [1.54, 1.807) is 52.8 Å². The summed E-state index contributed by atoms with van der Waals surface area (Å²) < 4.78 is 37.2. The Morgan fingerprint density at radius 1 is 1.03 bits per heavy atom. The second-order valence-electron chi connectivity index (χ2n) is 16.6. The Morgan fingerprint density at radius 3 is 2.43 bits per heavy atom. The molecule has 2 bridgehead atoms. The highest BCUT2D eigenvalue weighted by Crippen LogP contribution is 2.39. The van der Waals surface area contributed by atoms with E-state index in [1.165, 1.54) is 13.8 Å². The van der Waals surface area contributed by atoms with E-state index in [1.807, 2.05) is 25.9 Å². The molecule has 3 aliphatic rings. The van der Waals surface area contributed by atoms with Crippen LogP contribution in [0.3, 0.4) is 0 Å². The Hall–Kier alpha value is -3.91. The van der Waals surface area contributed by atoms with Crippen LogP contribution in [0, 0.1) is 23.7 Å². The van der Waals surface area contributed by atoms with E-state index in [9.17, 15) is 24.6 Å². The molecule has 3 saturated heterocycles. The van der Waals surface area contributed by atoms with Crippen LogP contribution >= 0.6 is 0 Å². The number of cyclic esters (lactones) is 1. The summed E-state index contributed by atoms with van der Waals surface area (Å²) in [6.45, 7) is 12.4. The van der Waals surface area contributed by atoms with Crippen LogP contribution in [0.1, 0.15) is 80.5 Å². The van der Waals surface area contributed by atoms with Gasteiger partial charge >= 0.3 is 5.97 Å². The first-order chi connectivity index (χ1) is 27.3. The number of carbonyl (C=O) groups is 3. The molecular formula is C40H60N6O12. The van der Waals surface area contributed by atoms with E-state index >= 15 is 0 Å². The molecule has 0 aliphatic carbocycles. The van der Waals surface area contributed by atoms with Crippen molar-refractivity contribution >= 4 is 29.1 Å². The highest BCUT2D eigenvalue weighted by Gasteiger charge is 2.53. The van der Waals surface area contributed by atoms with E-state index in [4.69, 9.17) is 38.8 Å². The van der Waals surface area contributed by atoms with Gasteiger partial charge in [-0.25, -0.2) is 4.98 Å². The number of pyridine rings is 1. The summed E-state index contributed by atoms with van der Waals surface area (Å²) in [6.07, 6.45) is -5.52. The summed E-state index contributed by atoms with van der Waals surface area (Å²) in [5.41, 5.74) is 3.04. The minimum Gasteiger partial charge on any atom is -0.459 e. The highest BCUT2D eigenvalue weighted by atomic mass is 16.7. The molecule has 3 aliphatic heterocycles. The minimum atomic E-state index is -1.91. The SMILES string of the molecule is CC[C@H]1OC(=O)[C@H](C)C(=O)[C@H](C)[C@@H](O[C@@H]2O[C@H](C)C[C@H](N(C)C)[C@H]2O)[C@@]2(C)C[C@@H](C)C(=O)[C@H](C)[C@H](OC/C(=N\OCc3nc(-c4cccc(N)n4)no3)CO2)[C@]1(C)O. The molecule has 0 unspecified atom stereocenters. The van der Waals surface area contributed by atoms with Gasteiger partial charge in [-0.2, -0.15) is 4.98 Å². The summed E-state index contributed by atoms with van der Waals surface area (Å²) in [5, 5.41) is 32.0. The molecule has 322 valence electrons. The molecule has 13 atom stereocenters. The van der Waals surface area contributed by atoms with Crippen LogP contribution in [0.15, 0.2) is 27.9 Å². The van der Waals surface area contributed by atoms with Gasteiger partial charge in [-0.1, -0.05) is 44.1 Å². The van der Waals surface area contributed by atoms with Gasteiger partial charge in [0.25, 0.3) is 5.89 Å². The van der Waals surface area contributed by atoms with Crippen molar-refractivity contribution in [2.75, 3.05) is 33.0 Å². The molecule has 2 aromatic rings. The van der Waals surface area contributed by atoms with Gasteiger partial charge in [-0.05, 0) is 73.2 Å². The van der Waals surface area contributed by atoms with E-state index in [0.29, 0.717) is 12.1 Å². The lowest BCUT2D eigenvalue weighted by Crippen LogP contribution is -2.60. The predicted molar refractivity (Wildman–Crippen MR) is 208 cm³/mol. The number of aliphatic hydroxyl groups is 2. The fourth-order valence-electron chi connectivity index (χ4n) is 8.37. The number of nitrogen functional groups attached to an aromatic ring is 1. The lowest BCUT2D eigenvalue weighted by Gasteiger charge is -2.47. The van der Waals surface area contributed by atoms with Crippen LogP contribution in [0.2, 0.25) is 0 Å². The zero-order chi connectivity index (χ0) is 42.7. The third-order valence-corrected chi connectivity index (χ3v) is 11.6. The number of ether oxygens (including phenoxy) is 5. The number of anilines is 1. The molecule has 0 spiro atoms. The molecule has 18 heteroatoms. The standard InChI is InChI=1S/C40H60N6O12/c1-11-28-40(8,51)35-22(4)31(47)20(2)16-39(7,53-18-25(17-52-35)44-54-19-30-43-36(45-58-30)26-13-12-14-29(41)42-26)34(23(5)32(48)24(6)37(50)56-28)57-38-33(49)27(46(9)10)15-21(3)55-38/h12-14,20-24,27-28,33-35,38,49,51H,11,15-19H2,1-10H3,(H2,41,42)/b44-25+/t20-,21-,22+,23+,24-,27+,28-,33-,34-,35+,38+,39-,40-/m1/s1. The largest absolute Gasteiger partial charge is 0.459 e. The van der Waals surface area contributed by atoms with Gasteiger partial charge in [0, 0.05) is 23.8 Å². The van der Waals surface area contributed by atoms with Gasteiger partial charge < -0.3 is 53.9 Å². The second-order valence-corrected chi connectivity index (χ2v) is 16.6. The number of nitrogens with two attached hydrogens (primary N) is 1. The number of likely N-dealkylation sites (N-methyl/N-ethyl adjacent to an activating group) is 1. The molecule has 2 aromatic heterocycles. The Labute approximate surface area is 339 Å². The number of aliphatic hydroxyl groups excluding tert-OH is 1. The lowest BCUT2D eigenvalue weighted by atomic mass is 9.74. The smallest absolute Gasteiger partial charge is 0.316 e. The zero-order valence-corrected chi connectivity index (χ0v) is 35.1. The highest BCUT2D eigenvalue weighted by molar-refractivity contribution is 6.00. The summed E-state index contributed by atoms with van der Waals surface area (Å²) in [7, 11) is 3.70. The van der Waals surface area contributed by atoms with E-state index in [-0.39, 0.29) is 73.8 Å². The molecular weight excluding hydrogens is 756 g/mol. The van der Waals surface area contributed by atoms with Gasteiger partial charge in [0.1, 0.15) is 46.7 Å². The first-order valence-electron chi connectivity index (χ1n) is 19.9. The lowest BCUT2D eigenvalue weighted by molar-refractivity contribution is -0.296. The van der Waals surface area contributed by atoms with Gasteiger partial charge in [0.15, 0.2) is 18.7 Å². The van der Waals surface area contributed by atoms with E-state index < -0.39 is 77.3 Å². The van der Waals surface area contributed by atoms with Crippen molar-refractivity contribution in [1.82, 2.24) is 20.0 Å². The number of hydrogen-bond donors (Lipinski definition) is 3. The number of fused-ring (bicyclic) bond motifs is 5. The van der Waals surface area contributed by atoms with Gasteiger partial charge in [0.2, 0.25) is 5.82 Å². The van der Waals surface area contributed by atoms with Crippen molar-refractivity contribution in [3.05, 3.63) is 24.1 Å². The molecule has 5 rings (SSSR count). The van der Waals surface area contributed by atoms with Crippen LogP contribution in [-0.4, -0.2) is 135 Å².